The average molecular weight is 291 g/mol. The van der Waals surface area contributed by atoms with Gasteiger partial charge in [0.05, 0.1) is 11.5 Å². The van der Waals surface area contributed by atoms with Crippen LogP contribution in [0.3, 0.4) is 0 Å². The molecule has 7 heteroatoms. The van der Waals surface area contributed by atoms with Gasteiger partial charge >= 0.3 is 5.97 Å². The van der Waals surface area contributed by atoms with E-state index in [-0.39, 0.29) is 24.0 Å². The predicted octanol–water partition coefficient (Wildman–Crippen LogP) is 0.284. The van der Waals surface area contributed by atoms with Gasteiger partial charge in [0.2, 0.25) is 5.91 Å². The number of hydrogen-bond acceptors (Lipinski definition) is 4. The Hall–Kier alpha value is -1.11. The number of aliphatic carboxylic acids is 1. The predicted molar refractivity (Wildman–Crippen MR) is 70.4 cm³/mol. The van der Waals surface area contributed by atoms with Crippen molar-refractivity contribution in [3.8, 4) is 0 Å². The molecule has 0 aromatic carbocycles. The molecule has 110 valence electrons. The fourth-order valence-corrected chi connectivity index (χ4v) is 4.12. The zero-order valence-electron chi connectivity index (χ0n) is 11.5. The van der Waals surface area contributed by atoms with Crippen molar-refractivity contribution in [2.75, 3.05) is 18.1 Å². The lowest BCUT2D eigenvalue weighted by Crippen LogP contribution is -2.44. The first-order valence-electron chi connectivity index (χ1n) is 6.24. The van der Waals surface area contributed by atoms with Crippen molar-refractivity contribution < 1.29 is 23.1 Å². The molecule has 0 spiro atoms. The molecule has 2 atom stereocenters. The summed E-state index contributed by atoms with van der Waals surface area (Å²) in [5.41, 5.74) is -0.683. The van der Waals surface area contributed by atoms with Crippen molar-refractivity contribution in [3.63, 3.8) is 0 Å². The summed E-state index contributed by atoms with van der Waals surface area (Å²) < 4.78 is 22.6. The SMILES string of the molecule is CC(C)(C)C(C(=O)O)C(=O)NCC1CCS(=O)(=O)C1. The van der Waals surface area contributed by atoms with Crippen molar-refractivity contribution >= 4 is 21.7 Å². The van der Waals surface area contributed by atoms with E-state index in [1.807, 2.05) is 0 Å². The van der Waals surface area contributed by atoms with E-state index >= 15 is 0 Å². The average Bonchev–Trinajstić information content (AvgIpc) is 2.52. The Balaban J connectivity index is 2.57. The molecule has 0 bridgehead atoms. The molecular formula is C12H21NO5S. The minimum atomic E-state index is -2.98. The van der Waals surface area contributed by atoms with E-state index in [4.69, 9.17) is 5.11 Å². The van der Waals surface area contributed by atoms with E-state index in [2.05, 4.69) is 5.32 Å². The maximum atomic E-state index is 11.9. The van der Waals surface area contributed by atoms with Crippen LogP contribution in [0.2, 0.25) is 0 Å². The number of rotatable bonds is 4. The third kappa shape index (κ3) is 4.49. The number of carboxylic acids is 1. The van der Waals surface area contributed by atoms with Crippen molar-refractivity contribution in [1.82, 2.24) is 5.32 Å². The van der Waals surface area contributed by atoms with E-state index in [1.165, 1.54) is 0 Å². The zero-order valence-corrected chi connectivity index (χ0v) is 12.3. The van der Waals surface area contributed by atoms with E-state index in [1.54, 1.807) is 20.8 Å². The molecular weight excluding hydrogens is 270 g/mol. The number of amides is 1. The largest absolute Gasteiger partial charge is 0.481 e. The van der Waals surface area contributed by atoms with Crippen LogP contribution in [-0.2, 0) is 19.4 Å². The molecule has 1 amide bonds. The quantitative estimate of drug-likeness (QED) is 0.725. The van der Waals surface area contributed by atoms with Crippen LogP contribution in [0.1, 0.15) is 27.2 Å². The Kier molecular flexibility index (Phi) is 4.60. The maximum Gasteiger partial charge on any atom is 0.316 e. The van der Waals surface area contributed by atoms with Gasteiger partial charge in [-0.3, -0.25) is 9.59 Å². The second-order valence-electron chi connectivity index (χ2n) is 6.15. The van der Waals surface area contributed by atoms with Crippen LogP contribution in [0.4, 0.5) is 0 Å². The zero-order chi connectivity index (χ0) is 14.8. The summed E-state index contributed by atoms with van der Waals surface area (Å²) in [5.74, 6) is -2.74. The summed E-state index contributed by atoms with van der Waals surface area (Å²) in [6.07, 6.45) is 0.524. The fraction of sp³-hybridized carbons (Fsp3) is 0.833. The second-order valence-corrected chi connectivity index (χ2v) is 8.38. The highest BCUT2D eigenvalue weighted by Crippen LogP contribution is 2.26. The number of nitrogens with one attached hydrogen (secondary N) is 1. The molecule has 19 heavy (non-hydrogen) atoms. The second kappa shape index (κ2) is 5.48. The number of carbonyl (C=O) groups is 2. The molecule has 0 radical (unpaired) electrons. The molecule has 1 rings (SSSR count). The lowest BCUT2D eigenvalue weighted by molar-refractivity contribution is -0.151. The van der Waals surface area contributed by atoms with Crippen LogP contribution in [0.15, 0.2) is 0 Å². The van der Waals surface area contributed by atoms with Crippen molar-refractivity contribution in [3.05, 3.63) is 0 Å². The molecule has 6 nitrogen and oxygen atoms in total. The van der Waals surface area contributed by atoms with Crippen LogP contribution in [-0.4, -0.2) is 43.5 Å². The van der Waals surface area contributed by atoms with Crippen molar-refractivity contribution in [2.45, 2.75) is 27.2 Å². The molecule has 0 aliphatic carbocycles. The van der Waals surface area contributed by atoms with Gasteiger partial charge in [-0.2, -0.15) is 0 Å². The summed E-state index contributed by atoms with van der Waals surface area (Å²) in [7, 11) is -2.98. The van der Waals surface area contributed by atoms with Gasteiger partial charge in [0.25, 0.3) is 0 Å². The third-order valence-corrected chi connectivity index (χ3v) is 5.10. The van der Waals surface area contributed by atoms with Crippen molar-refractivity contribution in [1.29, 1.82) is 0 Å². The Bertz CT molecular complexity index is 463. The molecule has 0 aromatic rings. The Morgan fingerprint density at radius 2 is 1.95 bits per heavy atom. The third-order valence-electron chi connectivity index (χ3n) is 3.27. The summed E-state index contributed by atoms with van der Waals surface area (Å²) >= 11 is 0. The van der Waals surface area contributed by atoms with Crippen LogP contribution in [0.25, 0.3) is 0 Å². The summed E-state index contributed by atoms with van der Waals surface area (Å²) in [5, 5.41) is 11.7. The number of carboxylic acid groups (broad SMARTS) is 1. The summed E-state index contributed by atoms with van der Waals surface area (Å²) in [6, 6.07) is 0. The lowest BCUT2D eigenvalue weighted by atomic mass is 9.80. The Labute approximate surface area is 113 Å². The number of hydrogen-bond donors (Lipinski definition) is 2. The van der Waals surface area contributed by atoms with Gasteiger partial charge in [0, 0.05) is 6.54 Å². The Morgan fingerprint density at radius 1 is 1.37 bits per heavy atom. The molecule has 1 heterocycles. The molecule has 1 aliphatic rings. The van der Waals surface area contributed by atoms with Gasteiger partial charge in [-0.1, -0.05) is 20.8 Å². The number of carbonyl (C=O) groups excluding carboxylic acids is 1. The van der Waals surface area contributed by atoms with Gasteiger partial charge in [-0.25, -0.2) is 8.42 Å². The number of sulfone groups is 1. The molecule has 1 fully saturated rings. The minimum absolute atomic E-state index is 0.0700. The van der Waals surface area contributed by atoms with Gasteiger partial charge in [0.15, 0.2) is 9.84 Å². The molecule has 0 saturated carbocycles. The standard InChI is InChI=1S/C12H21NO5S/c1-12(2,3)9(11(15)16)10(14)13-6-8-4-5-19(17,18)7-8/h8-9H,4-7H2,1-3H3,(H,13,14)(H,15,16). The van der Waals surface area contributed by atoms with Gasteiger partial charge in [-0.05, 0) is 17.8 Å². The van der Waals surface area contributed by atoms with Gasteiger partial charge in [-0.15, -0.1) is 0 Å². The van der Waals surface area contributed by atoms with E-state index in [0.717, 1.165) is 0 Å². The van der Waals surface area contributed by atoms with Crippen LogP contribution in [0.5, 0.6) is 0 Å². The molecule has 1 saturated heterocycles. The van der Waals surface area contributed by atoms with Gasteiger partial charge < -0.3 is 10.4 Å². The first-order chi connectivity index (χ1) is 8.53. The monoisotopic (exact) mass is 291 g/mol. The first-order valence-corrected chi connectivity index (χ1v) is 8.06. The lowest BCUT2D eigenvalue weighted by Gasteiger charge is -2.26. The Morgan fingerprint density at radius 3 is 2.32 bits per heavy atom. The van der Waals surface area contributed by atoms with E-state index in [9.17, 15) is 18.0 Å². The van der Waals surface area contributed by atoms with Crippen LogP contribution < -0.4 is 5.32 Å². The normalized spacial score (nSPS) is 23.8. The van der Waals surface area contributed by atoms with Crippen LogP contribution >= 0.6 is 0 Å². The smallest absolute Gasteiger partial charge is 0.316 e. The van der Waals surface area contributed by atoms with Crippen molar-refractivity contribution in [2.24, 2.45) is 17.3 Å². The molecule has 2 N–H and O–H groups in total. The highest BCUT2D eigenvalue weighted by Gasteiger charge is 2.38. The molecule has 2 unspecified atom stereocenters. The summed E-state index contributed by atoms with van der Waals surface area (Å²) in [6.45, 7) is 5.28. The molecule has 1 aliphatic heterocycles. The summed E-state index contributed by atoms with van der Waals surface area (Å²) in [4.78, 5) is 23.0. The maximum absolute atomic E-state index is 11.9. The van der Waals surface area contributed by atoms with E-state index < -0.39 is 33.0 Å². The topological polar surface area (TPSA) is 101 Å². The van der Waals surface area contributed by atoms with Crippen LogP contribution in [0, 0.1) is 17.3 Å². The molecule has 0 aromatic heterocycles. The van der Waals surface area contributed by atoms with E-state index in [0.29, 0.717) is 6.42 Å². The van der Waals surface area contributed by atoms with Gasteiger partial charge in [0.1, 0.15) is 5.92 Å². The fourth-order valence-electron chi connectivity index (χ4n) is 2.26. The highest BCUT2D eigenvalue weighted by atomic mass is 32.2. The highest BCUT2D eigenvalue weighted by molar-refractivity contribution is 7.91. The first kappa shape index (κ1) is 15.9. The minimum Gasteiger partial charge on any atom is -0.481 e.